The zero-order chi connectivity index (χ0) is 16.1. The van der Waals surface area contributed by atoms with E-state index in [1.54, 1.807) is 29.1 Å². The second-order valence-corrected chi connectivity index (χ2v) is 6.02. The molecule has 0 radical (unpaired) electrons. The Morgan fingerprint density at radius 3 is 3.13 bits per heavy atom. The van der Waals surface area contributed by atoms with Crippen LogP contribution < -0.4 is 5.73 Å². The number of nitrogen functional groups attached to an aromatic ring is 1. The lowest BCUT2D eigenvalue weighted by Gasteiger charge is -2.31. The van der Waals surface area contributed by atoms with Crippen LogP contribution in [0.2, 0.25) is 0 Å². The monoisotopic (exact) mass is 331 g/mol. The Morgan fingerprint density at radius 2 is 2.30 bits per heavy atom. The molecule has 1 aliphatic heterocycles. The number of nitrogens with two attached hydrogens (primary N) is 1. The average Bonchev–Trinajstić information content (AvgIpc) is 2.60. The van der Waals surface area contributed by atoms with Crippen LogP contribution in [0, 0.1) is 0 Å². The van der Waals surface area contributed by atoms with Crippen molar-refractivity contribution in [1.82, 2.24) is 19.9 Å². The summed E-state index contributed by atoms with van der Waals surface area (Å²) in [5.74, 6) is 0.905. The minimum absolute atomic E-state index is 0.152. The van der Waals surface area contributed by atoms with E-state index in [0.717, 1.165) is 22.7 Å². The number of anilines is 1. The van der Waals surface area contributed by atoms with Gasteiger partial charge in [-0.1, -0.05) is 17.8 Å². The van der Waals surface area contributed by atoms with E-state index in [2.05, 4.69) is 15.0 Å². The highest BCUT2D eigenvalue weighted by Crippen LogP contribution is 2.31. The molecule has 0 saturated carbocycles. The maximum absolute atomic E-state index is 11.0. The molecule has 120 valence electrons. The second kappa shape index (κ2) is 7.38. The molecule has 1 atom stereocenters. The molecule has 0 aliphatic carbocycles. The molecule has 3 heterocycles. The topological polar surface area (TPSA) is 94.2 Å². The third-order valence-corrected chi connectivity index (χ3v) is 4.54. The molecular weight excluding hydrogens is 314 g/mol. The SMILES string of the molecule is Nc1nccc(CSc2ncccc2C2CN(C=O)CCO2)n1. The summed E-state index contributed by atoms with van der Waals surface area (Å²) in [7, 11) is 0. The number of morpholine rings is 1. The van der Waals surface area contributed by atoms with Crippen LogP contribution in [0.1, 0.15) is 17.4 Å². The fraction of sp³-hybridized carbons (Fsp3) is 0.333. The van der Waals surface area contributed by atoms with Gasteiger partial charge in [0.2, 0.25) is 12.4 Å². The van der Waals surface area contributed by atoms with Gasteiger partial charge in [-0.25, -0.2) is 15.0 Å². The van der Waals surface area contributed by atoms with Gasteiger partial charge in [-0.15, -0.1) is 0 Å². The van der Waals surface area contributed by atoms with Crippen molar-refractivity contribution in [2.45, 2.75) is 16.9 Å². The number of carbonyl (C=O) groups is 1. The number of pyridine rings is 1. The van der Waals surface area contributed by atoms with Crippen LogP contribution in [0.4, 0.5) is 5.95 Å². The number of thioether (sulfide) groups is 1. The van der Waals surface area contributed by atoms with E-state index in [0.29, 0.717) is 25.4 Å². The van der Waals surface area contributed by atoms with Crippen molar-refractivity contribution in [1.29, 1.82) is 0 Å². The molecule has 1 fully saturated rings. The van der Waals surface area contributed by atoms with Gasteiger partial charge in [-0.05, 0) is 12.1 Å². The first-order valence-electron chi connectivity index (χ1n) is 7.22. The van der Waals surface area contributed by atoms with Crippen molar-refractivity contribution in [3.63, 3.8) is 0 Å². The summed E-state index contributed by atoms with van der Waals surface area (Å²) in [4.78, 5) is 25.2. The van der Waals surface area contributed by atoms with Gasteiger partial charge >= 0.3 is 0 Å². The molecule has 1 saturated heterocycles. The normalized spacial score (nSPS) is 17.9. The predicted octanol–water partition coefficient (Wildman–Crippen LogP) is 1.28. The lowest BCUT2D eigenvalue weighted by Crippen LogP contribution is -2.37. The van der Waals surface area contributed by atoms with Crippen LogP contribution in [-0.2, 0) is 15.3 Å². The first kappa shape index (κ1) is 15.7. The van der Waals surface area contributed by atoms with Crippen LogP contribution in [0.3, 0.4) is 0 Å². The molecule has 2 N–H and O–H groups in total. The number of carbonyl (C=O) groups excluding carboxylic acids is 1. The summed E-state index contributed by atoms with van der Waals surface area (Å²) in [6.45, 7) is 1.71. The van der Waals surface area contributed by atoms with Gasteiger partial charge in [0.1, 0.15) is 11.1 Å². The van der Waals surface area contributed by atoms with E-state index in [-0.39, 0.29) is 12.1 Å². The van der Waals surface area contributed by atoms with Crippen molar-refractivity contribution in [2.24, 2.45) is 0 Å². The predicted molar refractivity (Wildman–Crippen MR) is 86.6 cm³/mol. The molecule has 2 aromatic rings. The molecule has 2 aromatic heterocycles. The maximum atomic E-state index is 11.0. The summed E-state index contributed by atoms with van der Waals surface area (Å²) < 4.78 is 5.81. The molecule has 0 bridgehead atoms. The summed E-state index contributed by atoms with van der Waals surface area (Å²) >= 11 is 1.57. The standard InChI is InChI=1S/C15H17N5O2S/c16-15-18-5-3-11(19-15)9-23-14-12(2-1-4-17-14)13-8-20(10-21)6-7-22-13/h1-5,10,13H,6-9H2,(H2,16,18,19). The molecule has 7 nitrogen and oxygen atoms in total. The van der Waals surface area contributed by atoms with Crippen LogP contribution in [-0.4, -0.2) is 46.0 Å². The average molecular weight is 331 g/mol. The van der Waals surface area contributed by atoms with Gasteiger partial charge in [-0.3, -0.25) is 4.79 Å². The highest BCUT2D eigenvalue weighted by molar-refractivity contribution is 7.98. The van der Waals surface area contributed by atoms with Crippen LogP contribution in [0.5, 0.6) is 0 Å². The van der Waals surface area contributed by atoms with Crippen molar-refractivity contribution in [3.05, 3.63) is 41.9 Å². The molecule has 1 amide bonds. The molecule has 23 heavy (non-hydrogen) atoms. The third-order valence-electron chi connectivity index (χ3n) is 3.48. The fourth-order valence-electron chi connectivity index (χ4n) is 2.36. The highest BCUT2D eigenvalue weighted by Gasteiger charge is 2.23. The van der Waals surface area contributed by atoms with Gasteiger partial charge in [0, 0.05) is 30.3 Å². The van der Waals surface area contributed by atoms with Crippen LogP contribution in [0.15, 0.2) is 35.6 Å². The quantitative estimate of drug-likeness (QED) is 0.651. The Kier molecular flexibility index (Phi) is 5.04. The number of aromatic nitrogens is 3. The third kappa shape index (κ3) is 3.96. The molecule has 3 rings (SSSR count). The zero-order valence-electron chi connectivity index (χ0n) is 12.5. The van der Waals surface area contributed by atoms with E-state index < -0.39 is 0 Å². The van der Waals surface area contributed by atoms with Crippen molar-refractivity contribution in [3.8, 4) is 0 Å². The van der Waals surface area contributed by atoms with Gasteiger partial charge in [0.25, 0.3) is 0 Å². The summed E-state index contributed by atoms with van der Waals surface area (Å²) in [6.07, 6.45) is 4.10. The lowest BCUT2D eigenvalue weighted by atomic mass is 10.1. The summed E-state index contributed by atoms with van der Waals surface area (Å²) in [5.41, 5.74) is 7.44. The second-order valence-electron chi connectivity index (χ2n) is 5.05. The van der Waals surface area contributed by atoms with E-state index in [4.69, 9.17) is 10.5 Å². The minimum atomic E-state index is -0.152. The molecule has 1 unspecified atom stereocenters. The van der Waals surface area contributed by atoms with Gasteiger partial charge in [-0.2, -0.15) is 0 Å². The van der Waals surface area contributed by atoms with E-state index >= 15 is 0 Å². The number of rotatable bonds is 5. The Hall–Kier alpha value is -2.19. The molecule has 0 spiro atoms. The van der Waals surface area contributed by atoms with Crippen LogP contribution in [0.25, 0.3) is 0 Å². The van der Waals surface area contributed by atoms with E-state index in [9.17, 15) is 4.79 Å². The van der Waals surface area contributed by atoms with Gasteiger partial charge < -0.3 is 15.4 Å². The molecule has 8 heteroatoms. The van der Waals surface area contributed by atoms with E-state index in [1.165, 1.54) is 0 Å². The first-order chi connectivity index (χ1) is 11.3. The van der Waals surface area contributed by atoms with E-state index in [1.807, 2.05) is 18.2 Å². The highest BCUT2D eigenvalue weighted by atomic mass is 32.2. The Bertz CT molecular complexity index is 684. The Labute approximate surface area is 138 Å². The van der Waals surface area contributed by atoms with Crippen molar-refractivity contribution in [2.75, 3.05) is 25.4 Å². The Balaban J connectivity index is 1.74. The lowest BCUT2D eigenvalue weighted by molar-refractivity contribution is -0.125. The smallest absolute Gasteiger partial charge is 0.220 e. The number of ether oxygens (including phenoxy) is 1. The van der Waals surface area contributed by atoms with Crippen molar-refractivity contribution >= 4 is 24.1 Å². The summed E-state index contributed by atoms with van der Waals surface area (Å²) in [5, 5.41) is 0.877. The number of nitrogens with zero attached hydrogens (tertiary/aromatic N) is 4. The van der Waals surface area contributed by atoms with Crippen molar-refractivity contribution < 1.29 is 9.53 Å². The number of hydrogen-bond acceptors (Lipinski definition) is 7. The van der Waals surface area contributed by atoms with Gasteiger partial charge in [0.15, 0.2) is 0 Å². The first-order valence-corrected chi connectivity index (χ1v) is 8.21. The van der Waals surface area contributed by atoms with Gasteiger partial charge in [0.05, 0.1) is 18.8 Å². The molecular formula is C15H17N5O2S. The summed E-state index contributed by atoms with van der Waals surface area (Å²) in [6, 6.07) is 5.70. The number of hydrogen-bond donors (Lipinski definition) is 1. The largest absolute Gasteiger partial charge is 0.370 e. The molecule has 1 aliphatic rings. The minimum Gasteiger partial charge on any atom is -0.370 e. The number of amides is 1. The maximum Gasteiger partial charge on any atom is 0.220 e. The Morgan fingerprint density at radius 1 is 1.39 bits per heavy atom. The fourth-order valence-corrected chi connectivity index (χ4v) is 3.30. The zero-order valence-corrected chi connectivity index (χ0v) is 13.3. The van der Waals surface area contributed by atoms with Crippen LogP contribution >= 0.6 is 11.8 Å². The molecule has 0 aromatic carbocycles.